The summed E-state index contributed by atoms with van der Waals surface area (Å²) in [5.74, 6) is 1.07. The molecule has 1 aromatic heterocycles. The summed E-state index contributed by atoms with van der Waals surface area (Å²) in [5.41, 5.74) is 1.38. The van der Waals surface area contributed by atoms with Crippen molar-refractivity contribution in [3.63, 3.8) is 0 Å². The number of aliphatic hydroxyl groups excluding tert-OH is 1. The Bertz CT molecular complexity index is 1180. The van der Waals surface area contributed by atoms with Crippen LogP contribution in [0.1, 0.15) is 17.9 Å². The van der Waals surface area contributed by atoms with Crippen LogP contribution in [0.2, 0.25) is 0 Å². The Morgan fingerprint density at radius 1 is 1.06 bits per heavy atom. The van der Waals surface area contributed by atoms with Crippen LogP contribution in [0.5, 0.6) is 5.75 Å². The van der Waals surface area contributed by atoms with E-state index in [9.17, 15) is 14.7 Å². The van der Waals surface area contributed by atoms with Crippen molar-refractivity contribution in [2.75, 3.05) is 56.1 Å². The lowest BCUT2D eigenvalue weighted by Crippen LogP contribution is -2.54. The first-order chi connectivity index (χ1) is 17.1. The fraction of sp³-hybridized carbons (Fsp3) is 0.458. The molecule has 35 heavy (non-hydrogen) atoms. The molecule has 2 saturated heterocycles. The lowest BCUT2D eigenvalue weighted by atomic mass is 10.0. The summed E-state index contributed by atoms with van der Waals surface area (Å²) < 4.78 is 5.94. The van der Waals surface area contributed by atoms with Crippen LogP contribution in [0.4, 0.5) is 17.3 Å². The highest BCUT2D eigenvalue weighted by molar-refractivity contribution is 6.13. The van der Waals surface area contributed by atoms with Crippen LogP contribution in [0, 0.1) is 0 Å². The van der Waals surface area contributed by atoms with Gasteiger partial charge in [0.2, 0.25) is 11.8 Å². The number of hydrogen-bond donors (Lipinski definition) is 2. The predicted octanol–water partition coefficient (Wildman–Crippen LogP) is 0.391. The van der Waals surface area contributed by atoms with Crippen LogP contribution in [0.25, 0.3) is 0 Å². The van der Waals surface area contributed by atoms with E-state index >= 15 is 0 Å². The van der Waals surface area contributed by atoms with E-state index in [4.69, 9.17) is 4.74 Å². The quantitative estimate of drug-likeness (QED) is 0.559. The summed E-state index contributed by atoms with van der Waals surface area (Å²) in [5, 5.41) is 13.1. The second-order valence-corrected chi connectivity index (χ2v) is 9.26. The van der Waals surface area contributed by atoms with Gasteiger partial charge in [-0.15, -0.1) is 0 Å². The third-order valence-corrected chi connectivity index (χ3v) is 7.09. The molecule has 6 heterocycles. The molecule has 2 fully saturated rings. The van der Waals surface area contributed by atoms with Crippen molar-refractivity contribution in [2.45, 2.75) is 24.5 Å². The summed E-state index contributed by atoms with van der Waals surface area (Å²) in [6, 6.07) is 7.00. The predicted molar refractivity (Wildman–Crippen MR) is 128 cm³/mol. The van der Waals surface area contributed by atoms with E-state index in [1.165, 1.54) is 6.33 Å². The molecule has 1 aromatic carbocycles. The molecule has 1 unspecified atom stereocenters. The number of piperazine rings is 1. The number of aliphatic hydroxyl groups is 1. The number of carbonyl (C=O) groups is 2. The zero-order chi connectivity index (χ0) is 23.9. The van der Waals surface area contributed by atoms with Crippen LogP contribution in [0.3, 0.4) is 0 Å². The number of amides is 2. The fourth-order valence-electron chi connectivity index (χ4n) is 5.32. The number of nitrogens with one attached hydrogen (secondary N) is 1. The normalized spacial score (nSPS) is 26.6. The van der Waals surface area contributed by atoms with Gasteiger partial charge in [-0.2, -0.15) is 0 Å². The summed E-state index contributed by atoms with van der Waals surface area (Å²) in [4.78, 5) is 45.5. The molecule has 11 heteroatoms. The molecular weight excluding hydrogens is 450 g/mol. The Balaban J connectivity index is 1.36. The van der Waals surface area contributed by atoms with Crippen molar-refractivity contribution in [3.05, 3.63) is 36.2 Å². The Kier molecular flexibility index (Phi) is 5.57. The average molecular weight is 478 g/mol. The van der Waals surface area contributed by atoms with E-state index < -0.39 is 12.0 Å². The Hall–Kier alpha value is -3.57. The third kappa shape index (κ3) is 4.10. The maximum absolute atomic E-state index is 13.4. The first-order valence-electron chi connectivity index (χ1n) is 12.0. The molecule has 3 atom stereocenters. The van der Waals surface area contributed by atoms with Crippen molar-refractivity contribution >= 4 is 35.4 Å². The van der Waals surface area contributed by atoms with Crippen molar-refractivity contribution in [1.29, 1.82) is 0 Å². The first-order valence-corrected chi connectivity index (χ1v) is 12.0. The number of nitrogens with zero attached hydrogens (tertiary/aromatic N) is 6. The monoisotopic (exact) mass is 477 g/mol. The zero-order valence-corrected chi connectivity index (χ0v) is 19.2. The lowest BCUT2D eigenvalue weighted by molar-refractivity contribution is -0.136. The van der Waals surface area contributed by atoms with Gasteiger partial charge in [0.15, 0.2) is 0 Å². The summed E-state index contributed by atoms with van der Waals surface area (Å²) in [6.45, 7) is 3.65. The van der Waals surface area contributed by atoms with Crippen LogP contribution < -0.4 is 15.0 Å². The Morgan fingerprint density at radius 2 is 1.89 bits per heavy atom. The van der Waals surface area contributed by atoms with Gasteiger partial charge < -0.3 is 25.0 Å². The van der Waals surface area contributed by atoms with Gasteiger partial charge >= 0.3 is 0 Å². The molecular formula is C24H27N7O4. The topological polar surface area (TPSA) is 123 Å². The SMILES string of the molecule is O=C1Nc2ncnc3c2C1C=Nc1cccc(c1)OCCN1C[C@H](O)C[C@@H]1C(=O)N1CCN3CC1. The van der Waals surface area contributed by atoms with E-state index in [2.05, 4.69) is 25.2 Å². The lowest BCUT2D eigenvalue weighted by Gasteiger charge is -2.38. The molecule has 0 spiro atoms. The minimum Gasteiger partial charge on any atom is -0.492 e. The number of anilines is 2. The minimum atomic E-state index is -0.613. The zero-order valence-electron chi connectivity index (χ0n) is 19.2. The van der Waals surface area contributed by atoms with Crippen LogP contribution >= 0.6 is 0 Å². The molecule has 5 aliphatic rings. The average Bonchev–Trinajstić information content (AvgIpc) is 3.40. The number of benzene rings is 1. The highest BCUT2D eigenvalue weighted by Gasteiger charge is 2.40. The number of ether oxygens (including phenoxy) is 1. The number of carbonyl (C=O) groups excluding carboxylic acids is 2. The maximum atomic E-state index is 13.4. The van der Waals surface area contributed by atoms with E-state index in [0.29, 0.717) is 80.9 Å². The fourth-order valence-corrected chi connectivity index (χ4v) is 5.32. The molecule has 182 valence electrons. The molecule has 2 aromatic rings. The summed E-state index contributed by atoms with van der Waals surface area (Å²) >= 11 is 0. The van der Waals surface area contributed by atoms with E-state index in [1.807, 2.05) is 34.1 Å². The molecule has 7 rings (SSSR count). The molecule has 0 aliphatic carbocycles. The van der Waals surface area contributed by atoms with Crippen molar-refractivity contribution in [2.24, 2.45) is 4.99 Å². The van der Waals surface area contributed by atoms with Crippen LogP contribution in [0.15, 0.2) is 35.6 Å². The molecule has 4 bridgehead atoms. The number of aliphatic imine (C=N–C) groups is 1. The molecule has 2 amide bonds. The van der Waals surface area contributed by atoms with E-state index in [-0.39, 0.29) is 17.9 Å². The molecule has 11 nitrogen and oxygen atoms in total. The highest BCUT2D eigenvalue weighted by Crippen LogP contribution is 2.37. The molecule has 0 radical (unpaired) electrons. The molecule has 2 N–H and O–H groups in total. The van der Waals surface area contributed by atoms with E-state index in [0.717, 1.165) is 0 Å². The number of rotatable bonds is 0. The maximum Gasteiger partial charge on any atom is 0.240 e. The van der Waals surface area contributed by atoms with Gasteiger partial charge in [-0.1, -0.05) is 6.07 Å². The Labute approximate surface area is 202 Å². The summed E-state index contributed by atoms with van der Waals surface area (Å²) in [6.07, 6.45) is 2.99. The second-order valence-electron chi connectivity index (χ2n) is 9.26. The van der Waals surface area contributed by atoms with Crippen LogP contribution in [-0.2, 0) is 9.59 Å². The van der Waals surface area contributed by atoms with Gasteiger partial charge in [0, 0.05) is 51.5 Å². The minimum absolute atomic E-state index is 0.0408. The number of hydrogen-bond acceptors (Lipinski definition) is 9. The number of fused-ring (bicyclic) bond motifs is 4. The highest BCUT2D eigenvalue weighted by atomic mass is 16.5. The van der Waals surface area contributed by atoms with Gasteiger partial charge in [0.05, 0.1) is 23.4 Å². The third-order valence-electron chi connectivity index (χ3n) is 7.09. The molecule has 0 saturated carbocycles. The van der Waals surface area contributed by atoms with Crippen molar-refractivity contribution in [3.8, 4) is 5.75 Å². The van der Waals surface area contributed by atoms with Gasteiger partial charge in [0.25, 0.3) is 0 Å². The van der Waals surface area contributed by atoms with Crippen molar-refractivity contribution in [1.82, 2.24) is 19.8 Å². The van der Waals surface area contributed by atoms with Crippen LogP contribution in [-0.4, -0.2) is 101 Å². The van der Waals surface area contributed by atoms with Gasteiger partial charge in [0.1, 0.15) is 36.2 Å². The molecule has 5 aliphatic heterocycles. The second kappa shape index (κ2) is 8.90. The van der Waals surface area contributed by atoms with Crippen molar-refractivity contribution < 1.29 is 19.4 Å². The van der Waals surface area contributed by atoms with Gasteiger partial charge in [-0.25, -0.2) is 9.97 Å². The summed E-state index contributed by atoms with van der Waals surface area (Å²) in [7, 11) is 0. The van der Waals surface area contributed by atoms with Gasteiger partial charge in [-0.05, 0) is 18.6 Å². The van der Waals surface area contributed by atoms with Gasteiger partial charge in [-0.3, -0.25) is 19.5 Å². The standard InChI is InChI=1S/C24H27N7O4/c32-16-11-19-24(34)30-6-4-29(5-7-30)22-20-18(23(33)28-21(20)26-14-27-22)12-25-15-2-1-3-17(10-15)35-9-8-31(19)13-16/h1-3,10,12,14,16,18-19,32H,4-9,11,13H2,(H,26,27,28,33)/t16-,18?,19-/m1/s1. The smallest absolute Gasteiger partial charge is 0.240 e. The Morgan fingerprint density at radius 3 is 2.74 bits per heavy atom. The number of aromatic nitrogens is 2. The first kappa shape index (κ1) is 21.9. The van der Waals surface area contributed by atoms with E-state index in [1.54, 1.807) is 6.21 Å². The largest absolute Gasteiger partial charge is 0.492 e.